The molecule has 3 aromatic rings. The molecule has 19 heavy (non-hydrogen) atoms. The van der Waals surface area contributed by atoms with Crippen LogP contribution in [0, 0.1) is 0 Å². The third kappa shape index (κ3) is 2.47. The molecule has 0 spiro atoms. The zero-order valence-corrected chi connectivity index (χ0v) is 13.6. The minimum absolute atomic E-state index is 0.928. The molecule has 0 unspecified atom stereocenters. The van der Waals surface area contributed by atoms with Crippen molar-refractivity contribution in [3.8, 4) is 11.3 Å². The topological polar surface area (TPSA) is 17.3 Å². The Labute approximate surface area is 128 Å². The maximum atomic E-state index is 4.67. The number of imidazole rings is 1. The number of rotatable bonds is 2. The fourth-order valence-electron chi connectivity index (χ4n) is 2.07. The summed E-state index contributed by atoms with van der Waals surface area (Å²) < 4.78 is 4.03. The van der Waals surface area contributed by atoms with E-state index in [1.165, 1.54) is 5.56 Å². The zero-order chi connectivity index (χ0) is 13.4. The number of fused-ring (bicyclic) bond motifs is 1. The average molecular weight is 380 g/mol. The maximum Gasteiger partial charge on any atom is 0.151 e. The van der Waals surface area contributed by atoms with Gasteiger partial charge in [-0.05, 0) is 49.9 Å². The molecule has 0 aliphatic carbocycles. The lowest BCUT2D eigenvalue weighted by molar-refractivity contribution is 1.14. The Morgan fingerprint density at radius 2 is 1.84 bits per heavy atom. The van der Waals surface area contributed by atoms with Gasteiger partial charge >= 0.3 is 0 Å². The molecule has 0 fully saturated rings. The van der Waals surface area contributed by atoms with Crippen LogP contribution in [0.25, 0.3) is 16.9 Å². The number of benzene rings is 1. The number of aryl methyl sites for hydroxylation is 1. The minimum atomic E-state index is 0.928. The van der Waals surface area contributed by atoms with Crippen LogP contribution in [0.15, 0.2) is 51.7 Å². The van der Waals surface area contributed by atoms with Crippen molar-refractivity contribution in [1.82, 2.24) is 9.38 Å². The van der Waals surface area contributed by atoms with Gasteiger partial charge in [0.15, 0.2) is 5.65 Å². The van der Waals surface area contributed by atoms with Gasteiger partial charge in [0.05, 0.1) is 10.2 Å². The van der Waals surface area contributed by atoms with Crippen LogP contribution in [-0.4, -0.2) is 9.38 Å². The van der Waals surface area contributed by atoms with Crippen molar-refractivity contribution >= 4 is 37.5 Å². The summed E-state index contributed by atoms with van der Waals surface area (Å²) >= 11 is 7.03. The van der Waals surface area contributed by atoms with Gasteiger partial charge < -0.3 is 4.40 Å². The van der Waals surface area contributed by atoms with Gasteiger partial charge in [0, 0.05) is 22.4 Å². The first-order valence-corrected chi connectivity index (χ1v) is 7.69. The molecule has 0 N–H and O–H groups in total. The Bertz CT molecular complexity index is 730. The Morgan fingerprint density at radius 1 is 1.11 bits per heavy atom. The van der Waals surface area contributed by atoms with Crippen LogP contribution in [0.3, 0.4) is 0 Å². The average Bonchev–Trinajstić information content (AvgIpc) is 2.83. The number of aromatic nitrogens is 2. The van der Waals surface area contributed by atoms with Gasteiger partial charge in [0.25, 0.3) is 0 Å². The van der Waals surface area contributed by atoms with E-state index < -0.39 is 0 Å². The van der Waals surface area contributed by atoms with E-state index in [2.05, 4.69) is 68.0 Å². The molecule has 0 saturated carbocycles. The maximum absolute atomic E-state index is 4.67. The van der Waals surface area contributed by atoms with Crippen LogP contribution in [0.4, 0.5) is 0 Å². The highest BCUT2D eigenvalue weighted by atomic mass is 79.9. The molecule has 0 radical (unpaired) electrons. The fourth-order valence-corrected chi connectivity index (χ4v) is 3.37. The molecule has 4 heteroatoms. The standard InChI is InChI=1S/C15H12Br2N2/c1-2-10-3-5-11(6-4-10)14-9-19-8-12(16)7-13(17)15(19)18-14/h3-9H,2H2,1H3. The SMILES string of the molecule is CCc1ccc(-c2cn3cc(Br)cc(Br)c3n2)cc1. The van der Waals surface area contributed by atoms with Crippen LogP contribution in [0.2, 0.25) is 0 Å². The summed E-state index contributed by atoms with van der Waals surface area (Å²) in [6, 6.07) is 10.6. The van der Waals surface area contributed by atoms with Gasteiger partial charge in [-0.1, -0.05) is 31.2 Å². The first-order valence-electron chi connectivity index (χ1n) is 6.10. The Balaban J connectivity index is 2.12. The van der Waals surface area contributed by atoms with E-state index in [0.717, 1.165) is 32.3 Å². The lowest BCUT2D eigenvalue weighted by atomic mass is 10.1. The smallest absolute Gasteiger partial charge is 0.151 e. The minimum Gasteiger partial charge on any atom is -0.304 e. The van der Waals surface area contributed by atoms with Crippen molar-refractivity contribution in [3.05, 3.63) is 57.2 Å². The highest BCUT2D eigenvalue weighted by molar-refractivity contribution is 9.11. The third-order valence-electron chi connectivity index (χ3n) is 3.13. The number of hydrogen-bond donors (Lipinski definition) is 0. The highest BCUT2D eigenvalue weighted by Gasteiger charge is 2.07. The summed E-state index contributed by atoms with van der Waals surface area (Å²) in [5.74, 6) is 0. The van der Waals surface area contributed by atoms with Crippen LogP contribution in [0.5, 0.6) is 0 Å². The molecule has 1 aromatic carbocycles. The summed E-state index contributed by atoms with van der Waals surface area (Å²) in [4.78, 5) is 4.67. The van der Waals surface area contributed by atoms with Crippen LogP contribution < -0.4 is 0 Å². The van der Waals surface area contributed by atoms with Crippen molar-refractivity contribution in [2.45, 2.75) is 13.3 Å². The van der Waals surface area contributed by atoms with E-state index in [4.69, 9.17) is 0 Å². The molecular formula is C15H12Br2N2. The summed E-state index contributed by atoms with van der Waals surface area (Å²) in [7, 11) is 0. The molecule has 2 nitrogen and oxygen atoms in total. The highest BCUT2D eigenvalue weighted by Crippen LogP contribution is 2.26. The van der Waals surface area contributed by atoms with E-state index in [1.54, 1.807) is 0 Å². The predicted molar refractivity (Wildman–Crippen MR) is 85.4 cm³/mol. The fraction of sp³-hybridized carbons (Fsp3) is 0.133. The quantitative estimate of drug-likeness (QED) is 0.606. The molecule has 3 rings (SSSR count). The first kappa shape index (κ1) is 12.9. The van der Waals surface area contributed by atoms with Crippen LogP contribution in [0.1, 0.15) is 12.5 Å². The summed E-state index contributed by atoms with van der Waals surface area (Å²) in [5.41, 5.74) is 4.40. The van der Waals surface area contributed by atoms with E-state index in [1.807, 2.05) is 22.9 Å². The molecule has 96 valence electrons. The number of halogens is 2. The normalized spacial score (nSPS) is 11.1. The van der Waals surface area contributed by atoms with Gasteiger partial charge in [-0.3, -0.25) is 0 Å². The molecule has 0 bridgehead atoms. The molecule has 0 aliphatic rings. The lowest BCUT2D eigenvalue weighted by Gasteiger charge is -1.98. The molecule has 2 heterocycles. The van der Waals surface area contributed by atoms with Crippen LogP contribution >= 0.6 is 31.9 Å². The Kier molecular flexibility index (Phi) is 3.46. The predicted octanol–water partition coefficient (Wildman–Crippen LogP) is 5.09. The van der Waals surface area contributed by atoms with Gasteiger partial charge in [-0.15, -0.1) is 0 Å². The van der Waals surface area contributed by atoms with Gasteiger partial charge in [0.2, 0.25) is 0 Å². The second kappa shape index (κ2) is 5.10. The van der Waals surface area contributed by atoms with Crippen molar-refractivity contribution in [2.75, 3.05) is 0 Å². The summed E-state index contributed by atoms with van der Waals surface area (Å²) in [6.45, 7) is 2.16. The first-order chi connectivity index (χ1) is 9.17. The summed E-state index contributed by atoms with van der Waals surface area (Å²) in [6.07, 6.45) is 5.12. The van der Waals surface area contributed by atoms with E-state index in [9.17, 15) is 0 Å². The molecule has 0 atom stereocenters. The third-order valence-corrected chi connectivity index (χ3v) is 4.15. The second-order valence-electron chi connectivity index (χ2n) is 4.41. The number of nitrogens with zero attached hydrogens (tertiary/aromatic N) is 2. The Hall–Kier alpha value is -1.13. The molecule has 0 amide bonds. The zero-order valence-electron chi connectivity index (χ0n) is 10.4. The molecule has 0 saturated heterocycles. The lowest BCUT2D eigenvalue weighted by Crippen LogP contribution is -1.83. The van der Waals surface area contributed by atoms with Crippen molar-refractivity contribution in [1.29, 1.82) is 0 Å². The van der Waals surface area contributed by atoms with Crippen molar-refractivity contribution in [3.63, 3.8) is 0 Å². The number of pyridine rings is 1. The van der Waals surface area contributed by atoms with Crippen molar-refractivity contribution in [2.24, 2.45) is 0 Å². The van der Waals surface area contributed by atoms with E-state index in [-0.39, 0.29) is 0 Å². The molecule has 2 aromatic heterocycles. The number of hydrogen-bond acceptors (Lipinski definition) is 1. The summed E-state index contributed by atoms with van der Waals surface area (Å²) in [5, 5.41) is 0. The van der Waals surface area contributed by atoms with E-state index in [0.29, 0.717) is 0 Å². The van der Waals surface area contributed by atoms with Crippen molar-refractivity contribution < 1.29 is 0 Å². The largest absolute Gasteiger partial charge is 0.304 e. The van der Waals surface area contributed by atoms with Gasteiger partial charge in [-0.25, -0.2) is 4.98 Å². The van der Waals surface area contributed by atoms with E-state index >= 15 is 0 Å². The van der Waals surface area contributed by atoms with Gasteiger partial charge in [-0.2, -0.15) is 0 Å². The monoisotopic (exact) mass is 378 g/mol. The Morgan fingerprint density at radius 3 is 2.53 bits per heavy atom. The van der Waals surface area contributed by atoms with Crippen LogP contribution in [-0.2, 0) is 6.42 Å². The van der Waals surface area contributed by atoms with Gasteiger partial charge in [0.1, 0.15) is 0 Å². The molecule has 0 aliphatic heterocycles. The second-order valence-corrected chi connectivity index (χ2v) is 6.18. The molecular weight excluding hydrogens is 368 g/mol.